The Hall–Kier alpha value is -2.60. The van der Waals surface area contributed by atoms with Gasteiger partial charge in [-0.1, -0.05) is 58.4 Å². The molecule has 0 saturated heterocycles. The average molecular weight is 426 g/mol. The van der Waals surface area contributed by atoms with Gasteiger partial charge in [-0.15, -0.1) is 0 Å². The smallest absolute Gasteiger partial charge is 0.413 e. The minimum Gasteiger partial charge on any atom is -0.441 e. The van der Waals surface area contributed by atoms with Gasteiger partial charge in [-0.05, 0) is 43.0 Å². The highest BCUT2D eigenvalue weighted by atomic mass is 79.9. The fourth-order valence-corrected chi connectivity index (χ4v) is 3.27. The van der Waals surface area contributed by atoms with Crippen LogP contribution in [0.15, 0.2) is 65.3 Å². The van der Waals surface area contributed by atoms with Crippen LogP contribution in [0, 0.1) is 0 Å². The van der Waals surface area contributed by atoms with Crippen molar-refractivity contribution in [3.05, 3.63) is 70.8 Å². The van der Waals surface area contributed by atoms with Crippen LogP contribution < -0.4 is 5.32 Å². The van der Waals surface area contributed by atoms with Crippen molar-refractivity contribution in [2.45, 2.75) is 31.9 Å². The van der Waals surface area contributed by atoms with Gasteiger partial charge >= 0.3 is 6.09 Å². The van der Waals surface area contributed by atoms with E-state index in [9.17, 15) is 4.79 Å². The quantitative estimate of drug-likeness (QED) is 0.548. The molecule has 4 rings (SSSR count). The molecule has 6 heteroatoms. The van der Waals surface area contributed by atoms with Gasteiger partial charge in [-0.3, -0.25) is 5.32 Å². The van der Waals surface area contributed by atoms with E-state index in [-0.39, 0.29) is 6.10 Å². The summed E-state index contributed by atoms with van der Waals surface area (Å²) in [6.07, 6.45) is 3.14. The second-order valence-electron chi connectivity index (χ2n) is 6.67. The van der Waals surface area contributed by atoms with Crippen molar-refractivity contribution in [2.24, 2.45) is 0 Å². The Bertz CT molecular complexity index is 934. The highest BCUT2D eigenvalue weighted by Gasteiger charge is 2.29. The van der Waals surface area contributed by atoms with Crippen molar-refractivity contribution in [1.29, 1.82) is 0 Å². The lowest BCUT2D eigenvalue weighted by Gasteiger charge is -2.16. The standard InChI is InChI=1S/C21H20BrN3O2/c1-14(15-5-3-2-4-6-15)27-21(26)24-20-19(13-23-25(20)18-11-12-18)16-7-9-17(22)10-8-16/h2-10,13-14,18H,11-12H2,1H3,(H,24,26)/t14-/m1/s1. The largest absolute Gasteiger partial charge is 0.441 e. The number of anilines is 1. The molecule has 0 bridgehead atoms. The molecule has 1 aromatic heterocycles. The Morgan fingerprint density at radius 3 is 2.56 bits per heavy atom. The third kappa shape index (κ3) is 4.06. The second-order valence-corrected chi connectivity index (χ2v) is 7.59. The van der Waals surface area contributed by atoms with Crippen LogP contribution in [0.25, 0.3) is 11.1 Å². The summed E-state index contributed by atoms with van der Waals surface area (Å²) in [4.78, 5) is 12.5. The molecular formula is C21H20BrN3O2. The molecule has 0 aliphatic heterocycles. The molecule has 1 saturated carbocycles. The minimum atomic E-state index is -0.480. The number of ether oxygens (including phenoxy) is 1. The second kappa shape index (κ2) is 7.56. The molecule has 2 aromatic carbocycles. The number of halogens is 1. The first-order chi connectivity index (χ1) is 13.1. The van der Waals surface area contributed by atoms with E-state index in [2.05, 4.69) is 26.3 Å². The molecule has 0 spiro atoms. The van der Waals surface area contributed by atoms with E-state index in [1.165, 1.54) is 0 Å². The summed E-state index contributed by atoms with van der Waals surface area (Å²) in [6.45, 7) is 1.86. The van der Waals surface area contributed by atoms with Crippen molar-refractivity contribution in [3.8, 4) is 11.1 Å². The first-order valence-corrected chi connectivity index (χ1v) is 9.77. The van der Waals surface area contributed by atoms with Gasteiger partial charge in [0.1, 0.15) is 11.9 Å². The summed E-state index contributed by atoms with van der Waals surface area (Å²) in [7, 11) is 0. The topological polar surface area (TPSA) is 56.1 Å². The third-order valence-electron chi connectivity index (χ3n) is 4.62. The molecule has 0 unspecified atom stereocenters. The summed E-state index contributed by atoms with van der Waals surface area (Å²) < 4.78 is 8.48. The average Bonchev–Trinajstić information content (AvgIpc) is 3.44. The molecule has 1 fully saturated rings. The lowest BCUT2D eigenvalue weighted by atomic mass is 10.1. The predicted molar refractivity (Wildman–Crippen MR) is 109 cm³/mol. The van der Waals surface area contributed by atoms with Gasteiger partial charge in [0.25, 0.3) is 0 Å². The fraction of sp³-hybridized carbons (Fsp3) is 0.238. The van der Waals surface area contributed by atoms with Crippen molar-refractivity contribution < 1.29 is 9.53 Å². The molecule has 138 valence electrons. The Morgan fingerprint density at radius 2 is 1.89 bits per heavy atom. The zero-order valence-electron chi connectivity index (χ0n) is 14.9. The molecule has 1 heterocycles. The summed E-state index contributed by atoms with van der Waals surface area (Å²) >= 11 is 3.45. The molecule has 1 N–H and O–H groups in total. The van der Waals surface area contributed by atoms with E-state index in [1.807, 2.05) is 66.2 Å². The van der Waals surface area contributed by atoms with Crippen LogP contribution in [0.3, 0.4) is 0 Å². The molecular weight excluding hydrogens is 406 g/mol. The van der Waals surface area contributed by atoms with E-state index in [1.54, 1.807) is 6.20 Å². The molecule has 5 nitrogen and oxygen atoms in total. The SMILES string of the molecule is C[C@@H](OC(=O)Nc1c(-c2ccc(Br)cc2)cnn1C1CC1)c1ccccc1. The molecule has 1 aliphatic rings. The van der Waals surface area contributed by atoms with E-state index < -0.39 is 6.09 Å². The van der Waals surface area contributed by atoms with Gasteiger partial charge in [0.05, 0.1) is 12.2 Å². The van der Waals surface area contributed by atoms with Crippen LogP contribution in [0.4, 0.5) is 10.6 Å². The van der Waals surface area contributed by atoms with Crippen LogP contribution in [0.5, 0.6) is 0 Å². The number of nitrogens with zero attached hydrogens (tertiary/aromatic N) is 2. The number of carbonyl (C=O) groups excluding carboxylic acids is 1. The first kappa shape index (κ1) is 17.8. The number of carbonyl (C=O) groups is 1. The monoisotopic (exact) mass is 425 g/mol. The van der Waals surface area contributed by atoms with Gasteiger partial charge in [-0.2, -0.15) is 5.10 Å². The van der Waals surface area contributed by atoms with E-state index >= 15 is 0 Å². The number of hydrogen-bond donors (Lipinski definition) is 1. The maximum atomic E-state index is 12.5. The van der Waals surface area contributed by atoms with E-state index in [0.29, 0.717) is 11.9 Å². The molecule has 1 amide bonds. The highest BCUT2D eigenvalue weighted by molar-refractivity contribution is 9.10. The minimum absolute atomic E-state index is 0.334. The Kier molecular flexibility index (Phi) is 4.99. The van der Waals surface area contributed by atoms with Crippen molar-refractivity contribution in [3.63, 3.8) is 0 Å². The Balaban J connectivity index is 1.56. The molecule has 27 heavy (non-hydrogen) atoms. The Morgan fingerprint density at radius 1 is 1.19 bits per heavy atom. The number of nitrogens with one attached hydrogen (secondary N) is 1. The van der Waals surface area contributed by atoms with Crippen LogP contribution in [-0.2, 0) is 4.74 Å². The zero-order valence-corrected chi connectivity index (χ0v) is 16.5. The normalized spacial score (nSPS) is 14.6. The summed E-state index contributed by atoms with van der Waals surface area (Å²) in [5.41, 5.74) is 2.84. The lowest BCUT2D eigenvalue weighted by Crippen LogP contribution is -2.19. The number of amides is 1. The number of aromatic nitrogens is 2. The summed E-state index contributed by atoms with van der Waals surface area (Å²) in [6, 6.07) is 18.0. The fourth-order valence-electron chi connectivity index (χ4n) is 3.00. The van der Waals surface area contributed by atoms with Crippen LogP contribution >= 0.6 is 15.9 Å². The van der Waals surface area contributed by atoms with Crippen LogP contribution in [0.1, 0.15) is 37.5 Å². The zero-order chi connectivity index (χ0) is 18.8. The maximum Gasteiger partial charge on any atom is 0.413 e. The molecule has 0 radical (unpaired) electrons. The van der Waals surface area contributed by atoms with Gasteiger partial charge < -0.3 is 4.74 Å². The highest BCUT2D eigenvalue weighted by Crippen LogP contribution is 2.40. The Labute approximate surface area is 166 Å². The summed E-state index contributed by atoms with van der Waals surface area (Å²) in [5.74, 6) is 0.685. The van der Waals surface area contributed by atoms with Gasteiger partial charge in [0.2, 0.25) is 0 Å². The lowest BCUT2D eigenvalue weighted by molar-refractivity contribution is 0.121. The maximum absolute atomic E-state index is 12.5. The van der Waals surface area contributed by atoms with Gasteiger partial charge in [0.15, 0.2) is 0 Å². The van der Waals surface area contributed by atoms with Crippen molar-refractivity contribution in [2.75, 3.05) is 5.32 Å². The number of benzene rings is 2. The summed E-state index contributed by atoms with van der Waals surface area (Å²) in [5, 5.41) is 7.42. The molecule has 1 aliphatic carbocycles. The number of rotatable bonds is 5. The van der Waals surface area contributed by atoms with Crippen LogP contribution in [0.2, 0.25) is 0 Å². The van der Waals surface area contributed by atoms with Crippen molar-refractivity contribution in [1.82, 2.24) is 9.78 Å². The molecule has 3 aromatic rings. The van der Waals surface area contributed by atoms with Gasteiger partial charge in [0, 0.05) is 10.0 Å². The van der Waals surface area contributed by atoms with E-state index in [0.717, 1.165) is 34.0 Å². The van der Waals surface area contributed by atoms with E-state index in [4.69, 9.17) is 4.74 Å². The van der Waals surface area contributed by atoms with Crippen LogP contribution in [-0.4, -0.2) is 15.9 Å². The predicted octanol–water partition coefficient (Wildman–Crippen LogP) is 5.96. The van der Waals surface area contributed by atoms with Crippen molar-refractivity contribution >= 4 is 27.8 Å². The van der Waals surface area contributed by atoms with Gasteiger partial charge in [-0.25, -0.2) is 9.48 Å². The number of hydrogen-bond acceptors (Lipinski definition) is 3. The third-order valence-corrected chi connectivity index (χ3v) is 5.15. The first-order valence-electron chi connectivity index (χ1n) is 8.98. The molecule has 1 atom stereocenters.